The van der Waals surface area contributed by atoms with Crippen molar-refractivity contribution in [2.75, 3.05) is 19.6 Å². The molecule has 2 aliphatic heterocycles. The number of hydrogen-bond donors (Lipinski definition) is 1. The minimum atomic E-state index is -0.865. The van der Waals surface area contributed by atoms with E-state index < -0.39 is 5.97 Å². The number of carbonyl (C=O) groups is 1. The molecule has 2 aliphatic rings. The maximum absolute atomic E-state index is 10.5. The molecule has 15 heavy (non-hydrogen) atoms. The Bertz CT molecular complexity index is 278. The zero-order valence-corrected chi connectivity index (χ0v) is 9.09. The molecule has 0 spiro atoms. The predicted octanol–water partition coefficient (Wildman–Crippen LogP) is 0.753. The Morgan fingerprint density at radius 3 is 3.00 bits per heavy atom. The molecule has 2 saturated heterocycles. The highest BCUT2D eigenvalue weighted by molar-refractivity contribution is 5.79. The summed E-state index contributed by atoms with van der Waals surface area (Å²) in [6, 6.07) is 1.06. The Balaban J connectivity index is 1.98. The maximum Gasteiger partial charge on any atom is 0.329 e. The van der Waals surface area contributed by atoms with Crippen molar-refractivity contribution in [3.05, 3.63) is 12.3 Å². The van der Waals surface area contributed by atoms with E-state index in [0.29, 0.717) is 12.1 Å². The van der Waals surface area contributed by atoms with Crippen LogP contribution >= 0.6 is 0 Å². The van der Waals surface area contributed by atoms with Crippen LogP contribution in [0.1, 0.15) is 19.8 Å². The third kappa shape index (κ3) is 2.31. The van der Waals surface area contributed by atoms with Crippen LogP contribution in [0.25, 0.3) is 0 Å². The van der Waals surface area contributed by atoms with Crippen molar-refractivity contribution in [2.45, 2.75) is 31.8 Å². The van der Waals surface area contributed by atoms with Gasteiger partial charge in [0.1, 0.15) is 0 Å². The van der Waals surface area contributed by atoms with Gasteiger partial charge in [0.15, 0.2) is 0 Å². The standard InChI is InChI=1S/C11H18N2O2/c1-9-7-13-5-2-3-10(13)8-12(9)6-4-11(14)15/h4,6,9-10H,2-3,5,7-8H2,1H3,(H,14,15)/b6-4+. The van der Waals surface area contributed by atoms with Crippen LogP contribution in [0, 0.1) is 0 Å². The van der Waals surface area contributed by atoms with E-state index in [9.17, 15) is 4.79 Å². The summed E-state index contributed by atoms with van der Waals surface area (Å²) in [5.74, 6) is -0.865. The number of hydrogen-bond acceptors (Lipinski definition) is 3. The molecule has 2 fully saturated rings. The zero-order chi connectivity index (χ0) is 10.8. The van der Waals surface area contributed by atoms with Crippen molar-refractivity contribution in [3.63, 3.8) is 0 Å². The van der Waals surface area contributed by atoms with Gasteiger partial charge in [0.2, 0.25) is 0 Å². The molecule has 84 valence electrons. The lowest BCUT2D eigenvalue weighted by atomic mass is 10.1. The van der Waals surface area contributed by atoms with Gasteiger partial charge < -0.3 is 10.0 Å². The largest absolute Gasteiger partial charge is 0.478 e. The Morgan fingerprint density at radius 1 is 1.47 bits per heavy atom. The molecule has 0 aromatic rings. The quantitative estimate of drug-likeness (QED) is 0.683. The summed E-state index contributed by atoms with van der Waals surface area (Å²) in [4.78, 5) is 15.1. The lowest BCUT2D eigenvalue weighted by Gasteiger charge is -2.41. The average Bonchev–Trinajstić information content (AvgIpc) is 2.60. The van der Waals surface area contributed by atoms with Crippen LogP contribution in [0.5, 0.6) is 0 Å². The predicted molar refractivity (Wildman–Crippen MR) is 57.5 cm³/mol. The molecule has 0 amide bonds. The second-order valence-corrected chi connectivity index (χ2v) is 4.49. The lowest BCUT2D eigenvalue weighted by molar-refractivity contribution is -0.131. The van der Waals surface area contributed by atoms with Crippen LogP contribution in [-0.2, 0) is 4.79 Å². The highest BCUT2D eigenvalue weighted by Gasteiger charge is 2.32. The molecule has 0 aliphatic carbocycles. The van der Waals surface area contributed by atoms with Gasteiger partial charge in [0.25, 0.3) is 0 Å². The number of carboxylic acid groups (broad SMARTS) is 1. The normalized spacial score (nSPS) is 32.2. The molecule has 0 aromatic carbocycles. The molecule has 0 aromatic heterocycles. The van der Waals surface area contributed by atoms with E-state index in [1.54, 1.807) is 6.20 Å². The van der Waals surface area contributed by atoms with E-state index in [0.717, 1.165) is 13.1 Å². The second kappa shape index (κ2) is 4.23. The van der Waals surface area contributed by atoms with Crippen molar-refractivity contribution in [2.24, 2.45) is 0 Å². The summed E-state index contributed by atoms with van der Waals surface area (Å²) in [5, 5.41) is 8.59. The number of nitrogens with zero attached hydrogens (tertiary/aromatic N) is 2. The lowest BCUT2D eigenvalue weighted by Crippen LogP contribution is -2.52. The summed E-state index contributed by atoms with van der Waals surface area (Å²) >= 11 is 0. The smallest absolute Gasteiger partial charge is 0.329 e. The Kier molecular flexibility index (Phi) is 2.95. The van der Waals surface area contributed by atoms with E-state index in [1.807, 2.05) is 0 Å². The van der Waals surface area contributed by atoms with E-state index in [4.69, 9.17) is 5.11 Å². The average molecular weight is 210 g/mol. The van der Waals surface area contributed by atoms with Crippen molar-refractivity contribution >= 4 is 5.97 Å². The fourth-order valence-electron chi connectivity index (χ4n) is 2.58. The SMILES string of the molecule is CC1CN2CCCC2CN1/C=C/C(=O)O. The van der Waals surface area contributed by atoms with Crippen molar-refractivity contribution in [3.8, 4) is 0 Å². The molecule has 4 heteroatoms. The summed E-state index contributed by atoms with van der Waals surface area (Å²) in [5.41, 5.74) is 0. The molecule has 4 nitrogen and oxygen atoms in total. The van der Waals surface area contributed by atoms with Gasteiger partial charge in [-0.2, -0.15) is 0 Å². The third-order valence-corrected chi connectivity index (χ3v) is 3.39. The molecule has 2 atom stereocenters. The van der Waals surface area contributed by atoms with Gasteiger partial charge in [0, 0.05) is 37.4 Å². The summed E-state index contributed by atoms with van der Waals surface area (Å²) < 4.78 is 0. The first-order chi connectivity index (χ1) is 7.16. The van der Waals surface area contributed by atoms with Gasteiger partial charge in [-0.3, -0.25) is 4.90 Å². The number of aliphatic carboxylic acids is 1. The third-order valence-electron chi connectivity index (χ3n) is 3.39. The molecule has 0 saturated carbocycles. The molecular formula is C11H18N2O2. The highest BCUT2D eigenvalue weighted by atomic mass is 16.4. The maximum atomic E-state index is 10.5. The van der Waals surface area contributed by atoms with Gasteiger partial charge >= 0.3 is 5.97 Å². The molecule has 1 N–H and O–H groups in total. The number of piperazine rings is 1. The fourth-order valence-corrected chi connectivity index (χ4v) is 2.58. The topological polar surface area (TPSA) is 43.8 Å². The van der Waals surface area contributed by atoms with Gasteiger partial charge in [-0.1, -0.05) is 0 Å². The Labute approximate surface area is 90.2 Å². The monoisotopic (exact) mass is 210 g/mol. The van der Waals surface area contributed by atoms with Gasteiger partial charge in [-0.25, -0.2) is 4.79 Å². The van der Waals surface area contributed by atoms with Crippen LogP contribution in [0.2, 0.25) is 0 Å². The van der Waals surface area contributed by atoms with Crippen molar-refractivity contribution in [1.29, 1.82) is 0 Å². The van der Waals surface area contributed by atoms with Crippen LogP contribution < -0.4 is 0 Å². The molecule has 2 rings (SSSR count). The Hall–Kier alpha value is -1.03. The first kappa shape index (κ1) is 10.5. The summed E-state index contributed by atoms with van der Waals surface area (Å²) in [6.45, 7) is 5.41. The minimum absolute atomic E-state index is 0.426. The number of rotatable bonds is 2. The van der Waals surface area contributed by atoms with E-state index in [2.05, 4.69) is 16.7 Å². The van der Waals surface area contributed by atoms with Gasteiger partial charge in [-0.15, -0.1) is 0 Å². The molecule has 0 radical (unpaired) electrons. The van der Waals surface area contributed by atoms with Crippen molar-refractivity contribution < 1.29 is 9.90 Å². The van der Waals surface area contributed by atoms with Crippen LogP contribution in [0.4, 0.5) is 0 Å². The first-order valence-electron chi connectivity index (χ1n) is 5.58. The highest BCUT2D eigenvalue weighted by Crippen LogP contribution is 2.24. The Morgan fingerprint density at radius 2 is 2.27 bits per heavy atom. The van der Waals surface area contributed by atoms with Crippen molar-refractivity contribution in [1.82, 2.24) is 9.80 Å². The van der Waals surface area contributed by atoms with E-state index >= 15 is 0 Å². The number of carboxylic acids is 1. The van der Waals surface area contributed by atoms with E-state index in [1.165, 1.54) is 25.5 Å². The summed E-state index contributed by atoms with van der Waals surface area (Å²) in [7, 11) is 0. The molecular weight excluding hydrogens is 192 g/mol. The van der Waals surface area contributed by atoms with Crippen LogP contribution in [0.15, 0.2) is 12.3 Å². The van der Waals surface area contributed by atoms with Crippen LogP contribution in [0.3, 0.4) is 0 Å². The molecule has 2 unspecified atom stereocenters. The first-order valence-corrected chi connectivity index (χ1v) is 5.58. The summed E-state index contributed by atoms with van der Waals surface area (Å²) in [6.07, 6.45) is 5.50. The second-order valence-electron chi connectivity index (χ2n) is 4.49. The van der Waals surface area contributed by atoms with E-state index in [-0.39, 0.29) is 0 Å². The minimum Gasteiger partial charge on any atom is -0.478 e. The van der Waals surface area contributed by atoms with Gasteiger partial charge in [0.05, 0.1) is 0 Å². The van der Waals surface area contributed by atoms with Crippen LogP contribution in [-0.4, -0.2) is 52.6 Å². The fraction of sp³-hybridized carbons (Fsp3) is 0.727. The number of fused-ring (bicyclic) bond motifs is 1. The zero-order valence-electron chi connectivity index (χ0n) is 9.09. The van der Waals surface area contributed by atoms with Gasteiger partial charge in [-0.05, 0) is 26.3 Å². The molecule has 2 heterocycles. The molecule has 0 bridgehead atoms.